The van der Waals surface area contributed by atoms with E-state index in [0.29, 0.717) is 18.0 Å². The molecule has 0 saturated heterocycles. The van der Waals surface area contributed by atoms with Gasteiger partial charge in [-0.05, 0) is 24.3 Å². The van der Waals surface area contributed by atoms with E-state index in [9.17, 15) is 0 Å². The van der Waals surface area contributed by atoms with Gasteiger partial charge in [-0.25, -0.2) is 0 Å². The lowest BCUT2D eigenvalue weighted by Crippen LogP contribution is -2.18. The van der Waals surface area contributed by atoms with Gasteiger partial charge in [-0.15, -0.1) is 6.58 Å². The molecule has 0 spiro atoms. The molecule has 0 fully saturated rings. The Hall–Kier alpha value is -2.26. The Morgan fingerprint density at radius 1 is 0.944 bits per heavy atom. The predicted octanol–water partition coefficient (Wildman–Crippen LogP) is 3.55. The smallest absolute Gasteiger partial charge is 0.189 e. The van der Waals surface area contributed by atoms with Gasteiger partial charge in [0.25, 0.3) is 0 Å². The second-order valence-electron chi connectivity index (χ2n) is 3.60. The van der Waals surface area contributed by atoms with Crippen LogP contribution in [0.25, 0.3) is 0 Å². The molecule has 0 bridgehead atoms. The number of hydroxylamine groups is 1. The number of para-hydroxylation sites is 3. The molecule has 2 aromatic carbocycles. The molecule has 2 aromatic rings. The molecule has 2 rings (SSSR count). The van der Waals surface area contributed by atoms with Crippen molar-refractivity contribution in [3.05, 3.63) is 67.3 Å². The summed E-state index contributed by atoms with van der Waals surface area (Å²) in [5.41, 5.74) is 2.78. The SMILES string of the molecule is C=CCNOc1ccccc1Oc1ccccc1. The van der Waals surface area contributed by atoms with Gasteiger partial charge in [-0.3, -0.25) is 0 Å². The summed E-state index contributed by atoms with van der Waals surface area (Å²) < 4.78 is 5.75. The Morgan fingerprint density at radius 2 is 1.61 bits per heavy atom. The minimum Gasteiger partial charge on any atom is -0.453 e. The monoisotopic (exact) mass is 241 g/mol. The van der Waals surface area contributed by atoms with Gasteiger partial charge in [-0.2, -0.15) is 5.48 Å². The van der Waals surface area contributed by atoms with Crippen molar-refractivity contribution in [2.75, 3.05) is 6.54 Å². The maximum absolute atomic E-state index is 5.75. The van der Waals surface area contributed by atoms with E-state index < -0.39 is 0 Å². The molecule has 92 valence electrons. The molecule has 0 unspecified atom stereocenters. The third-order valence-corrected chi connectivity index (χ3v) is 2.23. The van der Waals surface area contributed by atoms with Gasteiger partial charge >= 0.3 is 0 Å². The predicted molar refractivity (Wildman–Crippen MR) is 71.8 cm³/mol. The molecule has 18 heavy (non-hydrogen) atoms. The lowest BCUT2D eigenvalue weighted by molar-refractivity contribution is 0.201. The van der Waals surface area contributed by atoms with Crippen molar-refractivity contribution < 1.29 is 9.57 Å². The summed E-state index contributed by atoms with van der Waals surface area (Å²) in [5.74, 6) is 2.08. The van der Waals surface area contributed by atoms with E-state index in [1.54, 1.807) is 6.08 Å². The molecule has 0 aliphatic rings. The average Bonchev–Trinajstić information content (AvgIpc) is 2.42. The Morgan fingerprint density at radius 3 is 2.33 bits per heavy atom. The summed E-state index contributed by atoms with van der Waals surface area (Å²) in [6, 6.07) is 17.1. The fourth-order valence-electron chi connectivity index (χ4n) is 1.41. The largest absolute Gasteiger partial charge is 0.453 e. The van der Waals surface area contributed by atoms with Crippen molar-refractivity contribution >= 4 is 0 Å². The number of benzene rings is 2. The molecule has 0 aliphatic carbocycles. The second-order valence-corrected chi connectivity index (χ2v) is 3.60. The molecule has 3 heteroatoms. The zero-order valence-electron chi connectivity index (χ0n) is 10.0. The van der Waals surface area contributed by atoms with Crippen LogP contribution in [0.5, 0.6) is 17.2 Å². The molecule has 0 aliphatic heterocycles. The third kappa shape index (κ3) is 3.37. The van der Waals surface area contributed by atoms with E-state index in [1.165, 1.54) is 0 Å². The molecule has 0 aromatic heterocycles. The molecule has 0 amide bonds. The minimum absolute atomic E-state index is 0.569. The zero-order valence-corrected chi connectivity index (χ0v) is 10.0. The Kier molecular flexibility index (Phi) is 4.39. The van der Waals surface area contributed by atoms with Crippen LogP contribution in [0.2, 0.25) is 0 Å². The van der Waals surface area contributed by atoms with Gasteiger partial charge in [0.05, 0.1) is 0 Å². The maximum Gasteiger partial charge on any atom is 0.189 e. The van der Waals surface area contributed by atoms with Gasteiger partial charge in [0.1, 0.15) is 5.75 Å². The van der Waals surface area contributed by atoms with Crippen LogP contribution in [0.15, 0.2) is 67.3 Å². The molecule has 0 heterocycles. The van der Waals surface area contributed by atoms with E-state index in [2.05, 4.69) is 12.1 Å². The molecule has 0 atom stereocenters. The van der Waals surface area contributed by atoms with Gasteiger partial charge in [-0.1, -0.05) is 36.4 Å². The maximum atomic E-state index is 5.75. The van der Waals surface area contributed by atoms with Crippen LogP contribution < -0.4 is 15.1 Å². The molecule has 0 radical (unpaired) electrons. The van der Waals surface area contributed by atoms with Crippen LogP contribution in [0.3, 0.4) is 0 Å². The highest BCUT2D eigenvalue weighted by Crippen LogP contribution is 2.30. The zero-order chi connectivity index (χ0) is 12.6. The normalized spacial score (nSPS) is 9.78. The minimum atomic E-state index is 0.569. The molecule has 3 nitrogen and oxygen atoms in total. The van der Waals surface area contributed by atoms with E-state index in [-0.39, 0.29) is 0 Å². The lowest BCUT2D eigenvalue weighted by Gasteiger charge is -2.11. The average molecular weight is 241 g/mol. The van der Waals surface area contributed by atoms with Crippen molar-refractivity contribution in [3.8, 4) is 17.2 Å². The highest BCUT2D eigenvalue weighted by molar-refractivity contribution is 5.42. The van der Waals surface area contributed by atoms with Crippen molar-refractivity contribution in [2.45, 2.75) is 0 Å². The fourth-order valence-corrected chi connectivity index (χ4v) is 1.41. The standard InChI is InChI=1S/C15H15NO2/c1-2-12-16-18-15-11-7-6-10-14(15)17-13-8-4-3-5-9-13/h2-11,16H,1,12H2. The first-order valence-corrected chi connectivity index (χ1v) is 5.72. The van der Waals surface area contributed by atoms with Gasteiger partial charge < -0.3 is 9.57 Å². The Balaban J connectivity index is 2.09. The van der Waals surface area contributed by atoms with Crippen molar-refractivity contribution in [1.82, 2.24) is 5.48 Å². The first kappa shape index (κ1) is 12.2. The van der Waals surface area contributed by atoms with Crippen LogP contribution in [0.4, 0.5) is 0 Å². The van der Waals surface area contributed by atoms with E-state index in [1.807, 2.05) is 54.6 Å². The highest BCUT2D eigenvalue weighted by atomic mass is 16.7. The van der Waals surface area contributed by atoms with Crippen LogP contribution in [0, 0.1) is 0 Å². The number of hydrogen-bond acceptors (Lipinski definition) is 3. The quantitative estimate of drug-likeness (QED) is 0.476. The van der Waals surface area contributed by atoms with Crippen molar-refractivity contribution in [3.63, 3.8) is 0 Å². The second kappa shape index (κ2) is 6.47. The Labute approximate surface area is 107 Å². The molecular formula is C15H15NO2. The first-order valence-electron chi connectivity index (χ1n) is 5.72. The van der Waals surface area contributed by atoms with Crippen LogP contribution in [-0.4, -0.2) is 6.54 Å². The summed E-state index contributed by atoms with van der Waals surface area (Å²) >= 11 is 0. The lowest BCUT2D eigenvalue weighted by atomic mass is 10.3. The topological polar surface area (TPSA) is 30.5 Å². The highest BCUT2D eigenvalue weighted by Gasteiger charge is 2.05. The van der Waals surface area contributed by atoms with E-state index >= 15 is 0 Å². The van der Waals surface area contributed by atoms with Crippen LogP contribution >= 0.6 is 0 Å². The van der Waals surface area contributed by atoms with Gasteiger partial charge in [0, 0.05) is 6.54 Å². The number of nitrogens with one attached hydrogen (secondary N) is 1. The van der Waals surface area contributed by atoms with Crippen molar-refractivity contribution in [2.24, 2.45) is 0 Å². The first-order chi connectivity index (χ1) is 8.90. The summed E-state index contributed by atoms with van der Waals surface area (Å²) in [6.07, 6.45) is 1.72. The summed E-state index contributed by atoms with van der Waals surface area (Å²) in [6.45, 7) is 4.18. The van der Waals surface area contributed by atoms with Crippen LogP contribution in [-0.2, 0) is 0 Å². The Bertz CT molecular complexity index is 497. The summed E-state index contributed by atoms with van der Waals surface area (Å²) in [7, 11) is 0. The molecule has 1 N–H and O–H groups in total. The van der Waals surface area contributed by atoms with Crippen molar-refractivity contribution in [1.29, 1.82) is 0 Å². The molecular weight excluding hydrogens is 226 g/mol. The number of ether oxygens (including phenoxy) is 1. The van der Waals surface area contributed by atoms with E-state index in [4.69, 9.17) is 9.57 Å². The van der Waals surface area contributed by atoms with Crippen LogP contribution in [0.1, 0.15) is 0 Å². The summed E-state index contributed by atoms with van der Waals surface area (Å²) in [4.78, 5) is 5.40. The third-order valence-electron chi connectivity index (χ3n) is 2.23. The van der Waals surface area contributed by atoms with E-state index in [0.717, 1.165) is 5.75 Å². The van der Waals surface area contributed by atoms with Gasteiger partial charge in [0.2, 0.25) is 0 Å². The van der Waals surface area contributed by atoms with Gasteiger partial charge in [0.15, 0.2) is 11.5 Å². The number of hydrogen-bond donors (Lipinski definition) is 1. The fraction of sp³-hybridized carbons (Fsp3) is 0.0667. The summed E-state index contributed by atoms with van der Waals surface area (Å²) in [5, 5.41) is 0. The molecule has 0 saturated carbocycles. The number of rotatable bonds is 6.